The SMILES string of the molecule is CCc1nc2c3c(-c4cccc(-c5ccc(-c6ccc7ccc8ccc(-c9ccccc9)nc8c7n6)cc5)c4)nc4ccccc4c3ccc2n1-c1ccccc1.CCc1nc2c3c(-c4cccc(-c5ccc(-c6ccc7ccc8cccnc8c7n6)cc5)c4)nc4ccccc4c3ccc2n1-c1ccccc1. The van der Waals surface area contributed by atoms with E-state index in [9.17, 15) is 0 Å². The summed E-state index contributed by atoms with van der Waals surface area (Å²) < 4.78 is 4.58. The van der Waals surface area contributed by atoms with Crippen molar-refractivity contribution in [1.82, 2.24) is 49.0 Å². The lowest BCUT2D eigenvalue weighted by molar-refractivity contribution is 0.908. The second-order valence-corrected chi connectivity index (χ2v) is 27.5. The molecule has 0 saturated heterocycles. The van der Waals surface area contributed by atoms with Gasteiger partial charge in [-0.2, -0.15) is 0 Å². The summed E-state index contributed by atoms with van der Waals surface area (Å²) in [6, 6.07) is 117. The van der Waals surface area contributed by atoms with E-state index in [1.165, 1.54) is 0 Å². The summed E-state index contributed by atoms with van der Waals surface area (Å²) in [5.74, 6) is 2.06. The van der Waals surface area contributed by atoms with Gasteiger partial charge < -0.3 is 0 Å². The smallest absolute Gasteiger partial charge is 0.114 e. The zero-order valence-electron chi connectivity index (χ0n) is 59.2. The van der Waals surface area contributed by atoms with Gasteiger partial charge in [0.05, 0.1) is 83.6 Å². The fourth-order valence-corrected chi connectivity index (χ4v) is 15.8. The van der Waals surface area contributed by atoms with Crippen LogP contribution in [0.5, 0.6) is 0 Å². The van der Waals surface area contributed by atoms with Crippen LogP contribution in [-0.2, 0) is 12.8 Å². The van der Waals surface area contributed by atoms with E-state index in [1.807, 2.05) is 30.5 Å². The minimum Gasteiger partial charge on any atom is -0.296 e. The molecule has 21 rings (SSSR count). The molecule has 8 aromatic heterocycles. The van der Waals surface area contributed by atoms with Crippen molar-refractivity contribution in [2.24, 2.45) is 0 Å². The number of para-hydroxylation sites is 4. The van der Waals surface area contributed by atoms with Crippen molar-refractivity contribution in [3.63, 3.8) is 0 Å². The second kappa shape index (κ2) is 26.5. The summed E-state index contributed by atoms with van der Waals surface area (Å²) in [4.78, 5) is 41.3. The lowest BCUT2D eigenvalue weighted by Crippen LogP contribution is -1.99. The van der Waals surface area contributed by atoms with Crippen molar-refractivity contribution in [2.75, 3.05) is 0 Å². The number of hydrogen-bond donors (Lipinski definition) is 0. The van der Waals surface area contributed by atoms with Gasteiger partial charge in [0.1, 0.15) is 11.6 Å². The molecule has 108 heavy (non-hydrogen) atoms. The number of pyridine rings is 6. The van der Waals surface area contributed by atoms with Gasteiger partial charge in [-0.1, -0.05) is 263 Å². The maximum atomic E-state index is 5.36. The molecule has 0 fully saturated rings. The van der Waals surface area contributed by atoms with Gasteiger partial charge in [0, 0.05) is 101 Å². The molecule has 0 saturated carbocycles. The average Bonchev–Trinajstić information content (AvgIpc) is 1.47. The molecule has 0 bridgehead atoms. The van der Waals surface area contributed by atoms with Crippen LogP contribution in [-0.4, -0.2) is 49.0 Å². The quantitative estimate of drug-likeness (QED) is 0.118. The van der Waals surface area contributed by atoms with E-state index in [2.05, 4.69) is 337 Å². The first-order chi connectivity index (χ1) is 53.4. The Morgan fingerprint density at radius 3 is 1.05 bits per heavy atom. The van der Waals surface area contributed by atoms with Crippen LogP contribution in [0, 0.1) is 0 Å². The first-order valence-electron chi connectivity index (χ1n) is 36.8. The first-order valence-corrected chi connectivity index (χ1v) is 36.8. The van der Waals surface area contributed by atoms with Crippen LogP contribution in [0.2, 0.25) is 0 Å². The Hall–Kier alpha value is -14.2. The molecule has 0 spiro atoms. The van der Waals surface area contributed by atoms with E-state index in [1.54, 1.807) is 0 Å². The molecule has 0 N–H and O–H groups in total. The van der Waals surface area contributed by atoms with Gasteiger partial charge in [-0.3, -0.25) is 14.1 Å². The van der Waals surface area contributed by atoms with Crippen LogP contribution in [0.25, 0.3) is 199 Å². The molecule has 0 aliphatic rings. The summed E-state index contributed by atoms with van der Waals surface area (Å²) >= 11 is 0. The van der Waals surface area contributed by atoms with Crippen molar-refractivity contribution < 1.29 is 0 Å². The lowest BCUT2D eigenvalue weighted by atomic mass is 9.96. The monoisotopic (exact) mass is 1380 g/mol. The van der Waals surface area contributed by atoms with Crippen LogP contribution in [0.15, 0.2) is 340 Å². The van der Waals surface area contributed by atoms with Gasteiger partial charge in [-0.25, -0.2) is 34.9 Å². The average molecular weight is 1380 g/mol. The summed E-state index contributed by atoms with van der Waals surface area (Å²) in [7, 11) is 0. The highest BCUT2D eigenvalue weighted by atomic mass is 15.1. The standard InChI is InChI=1S/C52H35N5.C46H31N5/c1-2-47-56-52-46(57(47)40-16-7-4-8-17-40)31-28-42-41-18-9-10-19-45(41)55-49(48(42)52)39-15-11-14-38(32-39)33-20-22-35(23-21-33)44-30-27-37-25-24-36-26-29-43(34-12-5-3-6-13-34)53-50(36)51(37)54-44;1-2-41-50-46-40(51(41)35-13-4-3-5-14-35)26-24-37-36-15-6-7-16-39(36)49-43(42(37)46)34-11-8-10-33(28-34)29-17-19-30(20-18-29)38-25-23-32-22-21-31-12-9-27-47-44(31)45(32)48-38/h3-32H,2H2,1H3;3-28H,2H2,1H3. The Morgan fingerprint density at radius 1 is 0.241 bits per heavy atom. The minimum atomic E-state index is 0.810. The summed E-state index contributed by atoms with van der Waals surface area (Å²) in [6.07, 6.45) is 3.46. The maximum absolute atomic E-state index is 5.36. The van der Waals surface area contributed by atoms with E-state index in [0.29, 0.717) is 0 Å². The molecule has 0 aliphatic heterocycles. The highest BCUT2D eigenvalue weighted by molar-refractivity contribution is 6.21. The molecule has 508 valence electrons. The molecule has 0 atom stereocenters. The van der Waals surface area contributed by atoms with E-state index in [4.69, 9.17) is 34.9 Å². The largest absolute Gasteiger partial charge is 0.296 e. The normalized spacial score (nSPS) is 11.7. The minimum absolute atomic E-state index is 0.810. The highest BCUT2D eigenvalue weighted by Crippen LogP contribution is 2.43. The van der Waals surface area contributed by atoms with Crippen molar-refractivity contribution in [2.45, 2.75) is 26.7 Å². The van der Waals surface area contributed by atoms with E-state index >= 15 is 0 Å². The Balaban J connectivity index is 0.000000143. The molecule has 0 amide bonds. The third kappa shape index (κ3) is 11.0. The molecule has 0 aliphatic carbocycles. The van der Waals surface area contributed by atoms with Crippen LogP contribution in [0.1, 0.15) is 25.5 Å². The van der Waals surface area contributed by atoms with Gasteiger partial charge in [0.15, 0.2) is 0 Å². The van der Waals surface area contributed by atoms with E-state index in [-0.39, 0.29) is 0 Å². The summed E-state index contributed by atoms with van der Waals surface area (Å²) in [5.41, 5.74) is 26.4. The number of aromatic nitrogens is 10. The number of fused-ring (bicyclic) bond motifs is 16. The predicted molar refractivity (Wildman–Crippen MR) is 446 cm³/mol. The third-order valence-electron chi connectivity index (χ3n) is 21.1. The molecule has 0 unspecified atom stereocenters. The maximum Gasteiger partial charge on any atom is 0.114 e. The number of nitrogens with zero attached hydrogens (tertiary/aromatic N) is 10. The number of hydrogen-bond acceptors (Lipinski definition) is 8. The van der Waals surface area contributed by atoms with Gasteiger partial charge in [0.2, 0.25) is 0 Å². The molecule has 10 heteroatoms. The van der Waals surface area contributed by atoms with Crippen molar-refractivity contribution in [3.8, 4) is 89.9 Å². The third-order valence-corrected chi connectivity index (χ3v) is 21.1. The van der Waals surface area contributed by atoms with E-state index in [0.717, 1.165) is 223 Å². The molecular formula is C98H66N10. The molecular weight excluding hydrogens is 1320 g/mol. The topological polar surface area (TPSA) is 113 Å². The highest BCUT2D eigenvalue weighted by Gasteiger charge is 2.23. The Bertz CT molecular complexity index is 7120. The van der Waals surface area contributed by atoms with E-state index < -0.39 is 0 Å². The van der Waals surface area contributed by atoms with Gasteiger partial charge in [-0.15, -0.1) is 0 Å². The fraction of sp³-hybridized carbons (Fsp3) is 0.0408. The van der Waals surface area contributed by atoms with Gasteiger partial charge in [0.25, 0.3) is 0 Å². The first kappa shape index (κ1) is 63.5. The second-order valence-electron chi connectivity index (χ2n) is 27.5. The number of imidazole rings is 2. The predicted octanol–water partition coefficient (Wildman–Crippen LogP) is 24.4. The van der Waals surface area contributed by atoms with Crippen LogP contribution >= 0.6 is 0 Å². The van der Waals surface area contributed by atoms with Gasteiger partial charge >= 0.3 is 0 Å². The molecule has 0 radical (unpaired) electrons. The summed E-state index contributed by atoms with van der Waals surface area (Å²) in [6.45, 7) is 4.34. The Labute approximate surface area is 622 Å². The summed E-state index contributed by atoms with van der Waals surface area (Å²) in [5, 5.41) is 11.0. The number of aryl methyl sites for hydroxylation is 2. The van der Waals surface area contributed by atoms with Crippen molar-refractivity contribution >= 4 is 109 Å². The molecule has 8 heterocycles. The molecule has 13 aromatic carbocycles. The lowest BCUT2D eigenvalue weighted by Gasteiger charge is -2.13. The fourth-order valence-electron chi connectivity index (χ4n) is 15.8. The number of rotatable bonds is 11. The van der Waals surface area contributed by atoms with Crippen molar-refractivity contribution in [1.29, 1.82) is 0 Å². The number of benzene rings is 13. The van der Waals surface area contributed by atoms with Crippen LogP contribution < -0.4 is 0 Å². The van der Waals surface area contributed by atoms with Crippen LogP contribution in [0.4, 0.5) is 0 Å². The molecule has 10 nitrogen and oxygen atoms in total. The Kier molecular flexibility index (Phi) is 15.6. The zero-order chi connectivity index (χ0) is 71.8. The Morgan fingerprint density at radius 2 is 0.602 bits per heavy atom. The molecule has 21 aromatic rings. The van der Waals surface area contributed by atoms with Crippen LogP contribution in [0.3, 0.4) is 0 Å². The zero-order valence-corrected chi connectivity index (χ0v) is 59.2. The van der Waals surface area contributed by atoms with Crippen molar-refractivity contribution in [3.05, 3.63) is 351 Å². The van der Waals surface area contributed by atoms with Gasteiger partial charge in [-0.05, 0) is 118 Å².